The highest BCUT2D eigenvalue weighted by Gasteiger charge is 2.13. The third kappa shape index (κ3) is 6.39. The number of nitrogens with one attached hydrogen (secondary N) is 1. The molecule has 0 atom stereocenters. The highest BCUT2D eigenvalue weighted by molar-refractivity contribution is 7.90. The average molecular weight is 208 g/mol. The molecule has 0 aliphatic heterocycles. The molecule has 0 rings (SSSR count). The maximum Gasteiger partial charge on any atom is 0.421 e. The van der Waals surface area contributed by atoms with E-state index in [0.29, 0.717) is 6.42 Å². The Morgan fingerprint density at radius 2 is 2.08 bits per heavy atom. The van der Waals surface area contributed by atoms with Crippen molar-refractivity contribution in [3.8, 4) is 0 Å². The van der Waals surface area contributed by atoms with Crippen LogP contribution in [0.2, 0.25) is 0 Å². The molecule has 0 bridgehead atoms. The third-order valence-corrected chi connectivity index (χ3v) is 2.69. The van der Waals surface area contributed by atoms with Crippen molar-refractivity contribution in [2.45, 2.75) is 26.2 Å². The van der Waals surface area contributed by atoms with Gasteiger partial charge in [0.15, 0.2) is 0 Å². The van der Waals surface area contributed by atoms with Crippen LogP contribution in [-0.2, 0) is 14.8 Å². The normalized spacial score (nSPS) is 10.9. The van der Waals surface area contributed by atoms with Crippen molar-refractivity contribution in [3.05, 3.63) is 7.11 Å². The number of hydrogen-bond acceptors (Lipinski definition) is 4. The lowest BCUT2D eigenvalue weighted by Crippen LogP contribution is -2.31. The molecule has 0 unspecified atom stereocenters. The molecule has 6 heteroatoms. The van der Waals surface area contributed by atoms with Crippen LogP contribution in [0.3, 0.4) is 0 Å². The van der Waals surface area contributed by atoms with Crippen molar-refractivity contribution in [2.24, 2.45) is 0 Å². The zero-order chi connectivity index (χ0) is 10.3. The van der Waals surface area contributed by atoms with Crippen LogP contribution in [0.1, 0.15) is 26.2 Å². The van der Waals surface area contributed by atoms with E-state index in [1.807, 2.05) is 6.92 Å². The topological polar surface area (TPSA) is 72.5 Å². The van der Waals surface area contributed by atoms with E-state index in [1.165, 1.54) is 0 Å². The van der Waals surface area contributed by atoms with Crippen molar-refractivity contribution in [3.63, 3.8) is 0 Å². The van der Waals surface area contributed by atoms with Gasteiger partial charge in [-0.15, -0.1) is 0 Å². The summed E-state index contributed by atoms with van der Waals surface area (Å²) in [7, 11) is -0.740. The minimum Gasteiger partial charge on any atom is -0.445 e. The van der Waals surface area contributed by atoms with E-state index in [4.69, 9.17) is 0 Å². The Bertz CT molecular complexity index is 247. The Kier molecular flexibility index (Phi) is 5.45. The first-order chi connectivity index (χ1) is 6.02. The average Bonchev–Trinajstić information content (AvgIpc) is 2.03. The van der Waals surface area contributed by atoms with E-state index >= 15 is 0 Å². The van der Waals surface area contributed by atoms with Crippen LogP contribution in [0, 0.1) is 7.11 Å². The maximum absolute atomic E-state index is 11.0. The van der Waals surface area contributed by atoms with Crippen molar-refractivity contribution in [1.82, 2.24) is 4.72 Å². The fourth-order valence-corrected chi connectivity index (χ4v) is 1.75. The number of ether oxygens (including phenoxy) is 1. The smallest absolute Gasteiger partial charge is 0.421 e. The highest BCUT2D eigenvalue weighted by atomic mass is 32.2. The van der Waals surface area contributed by atoms with Gasteiger partial charge in [-0.3, -0.25) is 0 Å². The van der Waals surface area contributed by atoms with Gasteiger partial charge < -0.3 is 4.74 Å². The maximum atomic E-state index is 11.0. The highest BCUT2D eigenvalue weighted by Crippen LogP contribution is 1.97. The van der Waals surface area contributed by atoms with Crippen LogP contribution in [0.5, 0.6) is 0 Å². The first-order valence-electron chi connectivity index (χ1n) is 3.98. The fourth-order valence-electron chi connectivity index (χ4n) is 0.750. The zero-order valence-electron chi connectivity index (χ0n) is 7.58. The molecule has 0 aromatic heterocycles. The summed E-state index contributed by atoms with van der Waals surface area (Å²) in [6.45, 7) is 1.96. The zero-order valence-corrected chi connectivity index (χ0v) is 8.39. The summed E-state index contributed by atoms with van der Waals surface area (Å²) < 4.78 is 27.7. The molecule has 13 heavy (non-hydrogen) atoms. The Labute approximate surface area is 78.5 Å². The molecular weight excluding hydrogens is 194 g/mol. The molecule has 0 heterocycles. The third-order valence-electron chi connectivity index (χ3n) is 1.39. The fraction of sp³-hybridized carbons (Fsp3) is 0.714. The molecule has 0 aromatic carbocycles. The van der Waals surface area contributed by atoms with Crippen molar-refractivity contribution in [2.75, 3.05) is 5.75 Å². The Balaban J connectivity index is 3.88. The molecule has 0 saturated heterocycles. The van der Waals surface area contributed by atoms with Gasteiger partial charge >= 0.3 is 6.09 Å². The molecule has 1 radical (unpaired) electrons. The standard InChI is InChI=1S/C7H14NO4S/c1-3-4-5-6-13(10,11)8-7(9)12-2/h2-6H2,1H3,(H,8,9). The van der Waals surface area contributed by atoms with Gasteiger partial charge in [-0.1, -0.05) is 19.8 Å². The number of sulfonamides is 1. The van der Waals surface area contributed by atoms with E-state index in [-0.39, 0.29) is 5.75 Å². The molecule has 0 saturated carbocycles. The summed E-state index contributed by atoms with van der Waals surface area (Å²) in [5.74, 6) is -0.0596. The molecular formula is C7H14NO4S. The molecule has 0 aliphatic carbocycles. The molecule has 0 aliphatic rings. The molecule has 1 N–H and O–H groups in total. The van der Waals surface area contributed by atoms with Gasteiger partial charge in [-0.2, -0.15) is 0 Å². The van der Waals surface area contributed by atoms with Gasteiger partial charge in [0.25, 0.3) is 0 Å². The largest absolute Gasteiger partial charge is 0.445 e. The summed E-state index contributed by atoms with van der Waals surface area (Å²) in [4.78, 5) is 10.5. The summed E-state index contributed by atoms with van der Waals surface area (Å²) in [5, 5.41) is 0. The number of unbranched alkanes of at least 4 members (excludes halogenated alkanes) is 2. The van der Waals surface area contributed by atoms with Gasteiger partial charge in [0.05, 0.1) is 5.75 Å². The van der Waals surface area contributed by atoms with Gasteiger partial charge in [-0.25, -0.2) is 17.9 Å². The summed E-state index contributed by atoms with van der Waals surface area (Å²) in [6.07, 6.45) is 1.24. The predicted octanol–water partition coefficient (Wildman–Crippen LogP) is 1.02. The van der Waals surface area contributed by atoms with E-state index in [1.54, 1.807) is 4.72 Å². The minimum absolute atomic E-state index is 0.0596. The first kappa shape index (κ1) is 12.2. The van der Waals surface area contributed by atoms with Crippen LogP contribution < -0.4 is 4.72 Å². The second kappa shape index (κ2) is 5.80. The first-order valence-corrected chi connectivity index (χ1v) is 5.63. The Morgan fingerprint density at radius 3 is 2.54 bits per heavy atom. The van der Waals surface area contributed by atoms with Crippen LogP contribution in [-0.4, -0.2) is 20.3 Å². The number of hydrogen-bond donors (Lipinski definition) is 1. The van der Waals surface area contributed by atoms with E-state index in [0.717, 1.165) is 12.8 Å². The van der Waals surface area contributed by atoms with Crippen LogP contribution >= 0.6 is 0 Å². The van der Waals surface area contributed by atoms with Gasteiger partial charge in [-0.05, 0) is 6.42 Å². The van der Waals surface area contributed by atoms with Crippen LogP contribution in [0.4, 0.5) is 4.79 Å². The summed E-state index contributed by atoms with van der Waals surface area (Å²) >= 11 is 0. The lowest BCUT2D eigenvalue weighted by atomic mass is 10.3. The number of carbonyl (C=O) groups excluding carboxylic acids is 1. The molecule has 1 amide bonds. The number of amides is 1. The number of carbonyl (C=O) groups is 1. The van der Waals surface area contributed by atoms with Gasteiger partial charge in [0.1, 0.15) is 7.11 Å². The molecule has 0 fully saturated rings. The predicted molar refractivity (Wildman–Crippen MR) is 48.3 cm³/mol. The SMILES string of the molecule is [CH2]OC(=O)NS(=O)(=O)CCCCC. The molecule has 0 aromatic rings. The summed E-state index contributed by atoms with van der Waals surface area (Å²) in [5.41, 5.74) is 0. The van der Waals surface area contributed by atoms with Gasteiger partial charge in [0.2, 0.25) is 10.0 Å². The number of rotatable bonds is 5. The van der Waals surface area contributed by atoms with Crippen molar-refractivity contribution in [1.29, 1.82) is 0 Å². The minimum atomic E-state index is -3.53. The molecule has 0 spiro atoms. The van der Waals surface area contributed by atoms with Gasteiger partial charge in [0, 0.05) is 0 Å². The quantitative estimate of drug-likeness (QED) is 0.685. The van der Waals surface area contributed by atoms with E-state index in [9.17, 15) is 13.2 Å². The molecule has 5 nitrogen and oxygen atoms in total. The lowest BCUT2D eigenvalue weighted by Gasteiger charge is -2.04. The summed E-state index contributed by atoms with van der Waals surface area (Å²) in [6, 6.07) is 0. The second-order valence-electron chi connectivity index (χ2n) is 2.56. The van der Waals surface area contributed by atoms with Crippen LogP contribution in [0.25, 0.3) is 0 Å². The second-order valence-corrected chi connectivity index (χ2v) is 4.40. The van der Waals surface area contributed by atoms with E-state index < -0.39 is 16.1 Å². The van der Waals surface area contributed by atoms with Crippen molar-refractivity contribution >= 4 is 16.1 Å². The van der Waals surface area contributed by atoms with Crippen molar-refractivity contribution < 1.29 is 17.9 Å². The molecule has 77 valence electrons. The lowest BCUT2D eigenvalue weighted by molar-refractivity contribution is 0.190. The Morgan fingerprint density at radius 1 is 1.46 bits per heavy atom. The van der Waals surface area contributed by atoms with Crippen LogP contribution in [0.15, 0.2) is 0 Å². The van der Waals surface area contributed by atoms with E-state index in [2.05, 4.69) is 11.8 Å². The Hall–Kier alpha value is -0.780. The monoisotopic (exact) mass is 208 g/mol.